The van der Waals surface area contributed by atoms with Crippen molar-refractivity contribution in [3.8, 4) is 67.5 Å². The molecule has 0 saturated heterocycles. The Morgan fingerprint density at radius 2 is 0.515 bits per heavy atom. The minimum atomic E-state index is -0.573. The van der Waals surface area contributed by atoms with Gasteiger partial charge in [-0.05, 0) is 84.0 Å². The Hall–Kier alpha value is -8.79. The van der Waals surface area contributed by atoms with Gasteiger partial charge < -0.3 is 0 Å². The fourth-order valence-corrected chi connectivity index (χ4v) is 11.4. The lowest BCUT2D eigenvalue weighted by Gasteiger charge is -2.50. The van der Waals surface area contributed by atoms with Crippen molar-refractivity contribution in [3.63, 3.8) is 0 Å². The normalized spacial score (nSPS) is 13.5. The summed E-state index contributed by atoms with van der Waals surface area (Å²) in [7, 11) is 0. The summed E-state index contributed by atoms with van der Waals surface area (Å²) in [4.78, 5) is 15.2. The van der Waals surface area contributed by atoms with Crippen LogP contribution in [0.1, 0.15) is 44.5 Å². The summed E-state index contributed by atoms with van der Waals surface area (Å²) < 4.78 is 0. The predicted octanol–water partition coefficient (Wildman–Crippen LogP) is 15.3. The smallest absolute Gasteiger partial charge is 0.164 e. The molecule has 2 aliphatic carbocycles. The van der Waals surface area contributed by atoms with Crippen LogP contribution in [-0.4, -0.2) is 15.0 Å². The Labute approximate surface area is 396 Å². The maximum Gasteiger partial charge on any atom is 0.164 e. The highest BCUT2D eigenvalue weighted by atomic mass is 15.0. The number of nitrogens with zero attached hydrogens (tertiary/aromatic N) is 3. The second-order valence-corrected chi connectivity index (χ2v) is 17.8. The zero-order valence-electron chi connectivity index (χ0n) is 37.2. The minimum Gasteiger partial charge on any atom is -0.208 e. The molecule has 0 N–H and O–H groups in total. The fraction of sp³-hybridized carbons (Fsp3) is 0.0308. The molecule has 1 aromatic heterocycles. The standard InChI is InChI=1S/C65H43N3/c1-5-19-44(20-6-1)45-33-37-48(38-34-45)62-66-61(47-21-7-2-8-22-47)67-63(68-62)49-39-35-46(36-40-49)50-41-42-54-53-27-13-14-28-55(53)65(60(54)43-50)58-31-17-15-29-56(58)64(51-23-9-3-10-24-51,52-25-11-4-12-26-52)57-30-16-18-32-59(57)65/h1-43H. The van der Waals surface area contributed by atoms with E-state index in [2.05, 4.69) is 237 Å². The van der Waals surface area contributed by atoms with Crippen LogP contribution in [0.2, 0.25) is 0 Å². The van der Waals surface area contributed by atoms with Crippen molar-refractivity contribution in [2.45, 2.75) is 10.8 Å². The molecule has 0 radical (unpaired) electrons. The van der Waals surface area contributed by atoms with Gasteiger partial charge in [0, 0.05) is 16.7 Å². The summed E-state index contributed by atoms with van der Waals surface area (Å²) in [5.74, 6) is 1.91. The summed E-state index contributed by atoms with van der Waals surface area (Å²) in [6.07, 6.45) is 0. The molecule has 11 aromatic rings. The van der Waals surface area contributed by atoms with Gasteiger partial charge in [-0.15, -0.1) is 0 Å². The summed E-state index contributed by atoms with van der Waals surface area (Å²) in [5.41, 5.74) is 19.1. The second kappa shape index (κ2) is 16.0. The molecule has 318 valence electrons. The zero-order chi connectivity index (χ0) is 45.1. The number of fused-ring (bicyclic) bond motifs is 9. The molecule has 0 fully saturated rings. The maximum absolute atomic E-state index is 5.11. The van der Waals surface area contributed by atoms with Crippen LogP contribution in [0.3, 0.4) is 0 Å². The van der Waals surface area contributed by atoms with Gasteiger partial charge in [0.2, 0.25) is 0 Å². The molecule has 1 spiro atoms. The molecule has 0 atom stereocenters. The fourth-order valence-electron chi connectivity index (χ4n) is 11.4. The highest BCUT2D eigenvalue weighted by Crippen LogP contribution is 2.64. The molecule has 0 amide bonds. The highest BCUT2D eigenvalue weighted by Gasteiger charge is 2.56. The average molecular weight is 866 g/mol. The van der Waals surface area contributed by atoms with Crippen molar-refractivity contribution in [1.82, 2.24) is 15.0 Å². The SMILES string of the molecule is c1ccc(-c2ccc(-c3nc(-c4ccccc4)nc(-c4ccc(-c5ccc6c(c5)C5(c7ccccc7-6)c6ccccc6C(c6ccccc6)(c6ccccc6)c6ccccc65)cc4)n3)cc2)cc1. The van der Waals surface area contributed by atoms with Crippen molar-refractivity contribution in [2.75, 3.05) is 0 Å². The Kier molecular flexibility index (Phi) is 9.29. The molecule has 1 heterocycles. The molecule has 3 nitrogen and oxygen atoms in total. The Bertz CT molecular complexity index is 3550. The van der Waals surface area contributed by atoms with E-state index in [1.54, 1.807) is 0 Å². The van der Waals surface area contributed by atoms with Crippen molar-refractivity contribution >= 4 is 0 Å². The molecular weight excluding hydrogens is 823 g/mol. The van der Waals surface area contributed by atoms with E-state index in [1.807, 2.05) is 24.3 Å². The minimum absolute atomic E-state index is 0.549. The van der Waals surface area contributed by atoms with E-state index in [9.17, 15) is 0 Å². The molecule has 0 aliphatic heterocycles. The van der Waals surface area contributed by atoms with Gasteiger partial charge in [-0.3, -0.25) is 0 Å². The Morgan fingerprint density at radius 3 is 1.00 bits per heavy atom. The van der Waals surface area contributed by atoms with Gasteiger partial charge in [-0.2, -0.15) is 0 Å². The molecule has 68 heavy (non-hydrogen) atoms. The van der Waals surface area contributed by atoms with E-state index in [0.29, 0.717) is 17.5 Å². The number of benzene rings is 10. The quantitative estimate of drug-likeness (QED) is 0.160. The van der Waals surface area contributed by atoms with Crippen LogP contribution in [0.15, 0.2) is 261 Å². The van der Waals surface area contributed by atoms with Crippen LogP contribution in [0.5, 0.6) is 0 Å². The van der Waals surface area contributed by atoms with E-state index in [0.717, 1.165) is 33.4 Å². The Balaban J connectivity index is 0.956. The van der Waals surface area contributed by atoms with Gasteiger partial charge in [0.05, 0.1) is 10.8 Å². The van der Waals surface area contributed by atoms with Crippen molar-refractivity contribution in [2.24, 2.45) is 0 Å². The first-order chi connectivity index (χ1) is 33.7. The number of hydrogen-bond acceptors (Lipinski definition) is 3. The lowest BCUT2D eigenvalue weighted by molar-refractivity contribution is 0.624. The van der Waals surface area contributed by atoms with E-state index in [4.69, 9.17) is 15.0 Å². The molecule has 0 unspecified atom stereocenters. The third kappa shape index (κ3) is 6.02. The van der Waals surface area contributed by atoms with E-state index < -0.39 is 10.8 Å². The third-order valence-electron chi connectivity index (χ3n) is 14.3. The summed E-state index contributed by atoms with van der Waals surface area (Å²) in [5, 5.41) is 0. The zero-order valence-corrected chi connectivity index (χ0v) is 37.2. The average Bonchev–Trinajstić information content (AvgIpc) is 3.72. The van der Waals surface area contributed by atoms with E-state index >= 15 is 0 Å². The predicted molar refractivity (Wildman–Crippen MR) is 276 cm³/mol. The lowest BCUT2D eigenvalue weighted by Crippen LogP contribution is -2.44. The molecule has 2 aliphatic rings. The van der Waals surface area contributed by atoms with E-state index in [-0.39, 0.29) is 0 Å². The first-order valence-corrected chi connectivity index (χ1v) is 23.3. The number of rotatable bonds is 7. The van der Waals surface area contributed by atoms with Gasteiger partial charge in [0.15, 0.2) is 17.5 Å². The number of hydrogen-bond donors (Lipinski definition) is 0. The van der Waals surface area contributed by atoms with Gasteiger partial charge in [-0.1, -0.05) is 255 Å². The van der Waals surface area contributed by atoms with Gasteiger partial charge in [0.1, 0.15) is 0 Å². The molecule has 13 rings (SSSR count). The largest absolute Gasteiger partial charge is 0.208 e. The lowest BCUT2D eigenvalue weighted by atomic mass is 9.51. The van der Waals surface area contributed by atoms with Crippen LogP contribution in [0, 0.1) is 0 Å². The Morgan fingerprint density at radius 1 is 0.206 bits per heavy atom. The summed E-state index contributed by atoms with van der Waals surface area (Å²) >= 11 is 0. The van der Waals surface area contributed by atoms with E-state index in [1.165, 1.54) is 61.2 Å². The maximum atomic E-state index is 5.11. The van der Waals surface area contributed by atoms with Gasteiger partial charge in [-0.25, -0.2) is 15.0 Å². The second-order valence-electron chi connectivity index (χ2n) is 17.8. The van der Waals surface area contributed by atoms with Crippen LogP contribution >= 0.6 is 0 Å². The summed E-state index contributed by atoms with van der Waals surface area (Å²) in [6.45, 7) is 0. The molecule has 10 aromatic carbocycles. The van der Waals surface area contributed by atoms with Crippen LogP contribution in [0.25, 0.3) is 67.5 Å². The van der Waals surface area contributed by atoms with Crippen LogP contribution in [-0.2, 0) is 10.8 Å². The molecule has 0 saturated carbocycles. The van der Waals surface area contributed by atoms with Crippen LogP contribution < -0.4 is 0 Å². The first-order valence-electron chi connectivity index (χ1n) is 23.3. The van der Waals surface area contributed by atoms with Gasteiger partial charge >= 0.3 is 0 Å². The van der Waals surface area contributed by atoms with Crippen molar-refractivity contribution in [3.05, 3.63) is 305 Å². The molecule has 3 heteroatoms. The summed E-state index contributed by atoms with van der Waals surface area (Å²) in [6, 6.07) is 94.6. The van der Waals surface area contributed by atoms with Crippen LogP contribution in [0.4, 0.5) is 0 Å². The molecular formula is C65H43N3. The highest BCUT2D eigenvalue weighted by molar-refractivity contribution is 5.91. The molecule has 0 bridgehead atoms. The first kappa shape index (κ1) is 39.6. The monoisotopic (exact) mass is 865 g/mol. The third-order valence-corrected chi connectivity index (χ3v) is 14.3. The van der Waals surface area contributed by atoms with Crippen molar-refractivity contribution < 1.29 is 0 Å². The topological polar surface area (TPSA) is 38.7 Å². The number of aromatic nitrogens is 3. The van der Waals surface area contributed by atoms with Crippen molar-refractivity contribution in [1.29, 1.82) is 0 Å². The van der Waals surface area contributed by atoms with Gasteiger partial charge in [0.25, 0.3) is 0 Å².